The first-order chi connectivity index (χ1) is 10.7. The molecule has 0 fully saturated rings. The molecule has 2 rings (SSSR count). The maximum atomic E-state index is 12.5. The first kappa shape index (κ1) is 16.5. The highest BCUT2D eigenvalue weighted by Crippen LogP contribution is 2.28. The molecule has 0 N–H and O–H groups in total. The van der Waals surface area contributed by atoms with Crippen molar-refractivity contribution < 1.29 is 14.3 Å². The van der Waals surface area contributed by atoms with Gasteiger partial charge in [0.15, 0.2) is 6.10 Å². The molecule has 2 aromatic carbocycles. The second-order valence-corrected chi connectivity index (χ2v) is 5.44. The molecule has 0 aromatic heterocycles. The molecule has 0 spiro atoms. The van der Waals surface area contributed by atoms with E-state index in [0.29, 0.717) is 0 Å². The van der Waals surface area contributed by atoms with Crippen molar-refractivity contribution in [3.8, 4) is 0 Å². The number of methoxy groups -OCH3 is 1. The number of carbonyl (C=O) groups excluding carboxylic acids is 1. The van der Waals surface area contributed by atoms with Crippen LogP contribution in [0.2, 0.25) is 0 Å². The smallest absolute Gasteiger partial charge is 0.340 e. The van der Waals surface area contributed by atoms with Crippen molar-refractivity contribution >= 4 is 16.7 Å². The fourth-order valence-electron chi connectivity index (χ4n) is 2.72. The molecule has 0 heterocycles. The van der Waals surface area contributed by atoms with Crippen molar-refractivity contribution in [3.63, 3.8) is 0 Å². The Hall–Kier alpha value is -1.87. The van der Waals surface area contributed by atoms with Gasteiger partial charge in [-0.25, -0.2) is 4.79 Å². The number of carbonyl (C=O) groups is 1. The van der Waals surface area contributed by atoms with E-state index in [4.69, 9.17) is 9.47 Å². The molecule has 118 valence electrons. The highest BCUT2D eigenvalue weighted by Gasteiger charge is 2.25. The Balaban J connectivity index is 2.28. The third kappa shape index (κ3) is 3.66. The Morgan fingerprint density at radius 2 is 1.82 bits per heavy atom. The van der Waals surface area contributed by atoms with Crippen LogP contribution in [0.25, 0.3) is 10.8 Å². The van der Waals surface area contributed by atoms with E-state index in [-0.39, 0.29) is 12.1 Å². The monoisotopic (exact) mass is 300 g/mol. The number of esters is 1. The van der Waals surface area contributed by atoms with Crippen molar-refractivity contribution in [1.82, 2.24) is 0 Å². The fraction of sp³-hybridized carbons (Fsp3) is 0.421. The van der Waals surface area contributed by atoms with Gasteiger partial charge in [-0.1, -0.05) is 62.7 Å². The molecular weight excluding hydrogens is 276 g/mol. The van der Waals surface area contributed by atoms with Gasteiger partial charge in [0, 0.05) is 7.11 Å². The molecule has 2 atom stereocenters. The molecule has 22 heavy (non-hydrogen) atoms. The summed E-state index contributed by atoms with van der Waals surface area (Å²) in [6.07, 6.45) is 1.99. The minimum absolute atomic E-state index is 0.0369. The average Bonchev–Trinajstić information content (AvgIpc) is 2.55. The Morgan fingerprint density at radius 1 is 1.09 bits per heavy atom. The minimum Gasteiger partial charge on any atom is -0.460 e. The van der Waals surface area contributed by atoms with Gasteiger partial charge in [-0.2, -0.15) is 0 Å². The summed E-state index contributed by atoms with van der Waals surface area (Å²) < 4.78 is 11.1. The Labute approximate surface area is 132 Å². The van der Waals surface area contributed by atoms with Gasteiger partial charge in [0.1, 0.15) is 6.10 Å². The van der Waals surface area contributed by atoms with Crippen LogP contribution in [0.15, 0.2) is 42.5 Å². The summed E-state index contributed by atoms with van der Waals surface area (Å²) in [6, 6.07) is 13.9. The van der Waals surface area contributed by atoms with Crippen LogP contribution in [0.1, 0.15) is 44.8 Å². The second-order valence-electron chi connectivity index (χ2n) is 5.44. The van der Waals surface area contributed by atoms with Gasteiger partial charge < -0.3 is 9.47 Å². The molecule has 0 saturated carbocycles. The lowest BCUT2D eigenvalue weighted by Gasteiger charge is -2.21. The molecule has 0 bridgehead atoms. The topological polar surface area (TPSA) is 35.5 Å². The summed E-state index contributed by atoms with van der Waals surface area (Å²) in [6.45, 7) is 4.13. The first-order valence-electron chi connectivity index (χ1n) is 7.92. The third-order valence-electron chi connectivity index (χ3n) is 3.90. The SMILES string of the molecule is CCC[C@H](CC)OC(=O)[C@@H](OC)c1cccc2ccccc12. The predicted octanol–water partition coefficient (Wildman–Crippen LogP) is 4.65. The maximum Gasteiger partial charge on any atom is 0.340 e. The summed E-state index contributed by atoms with van der Waals surface area (Å²) in [5.41, 5.74) is 0.858. The fourth-order valence-corrected chi connectivity index (χ4v) is 2.72. The normalized spacial score (nSPS) is 13.8. The lowest BCUT2D eigenvalue weighted by Crippen LogP contribution is -2.24. The van der Waals surface area contributed by atoms with E-state index in [2.05, 4.69) is 6.92 Å². The van der Waals surface area contributed by atoms with Crippen molar-refractivity contribution in [2.75, 3.05) is 7.11 Å². The van der Waals surface area contributed by atoms with Gasteiger partial charge in [0.25, 0.3) is 0 Å². The van der Waals surface area contributed by atoms with Crippen LogP contribution in [0.3, 0.4) is 0 Å². The molecule has 0 aliphatic rings. The number of ether oxygens (including phenoxy) is 2. The van der Waals surface area contributed by atoms with Crippen LogP contribution in [-0.2, 0) is 14.3 Å². The molecule has 0 aliphatic carbocycles. The third-order valence-corrected chi connectivity index (χ3v) is 3.90. The van der Waals surface area contributed by atoms with Crippen molar-refractivity contribution in [2.24, 2.45) is 0 Å². The van der Waals surface area contributed by atoms with Gasteiger partial charge in [-0.15, -0.1) is 0 Å². The summed E-state index contributed by atoms with van der Waals surface area (Å²) in [7, 11) is 1.55. The zero-order chi connectivity index (χ0) is 15.9. The molecule has 0 unspecified atom stereocenters. The molecular formula is C19H24O3. The molecule has 3 nitrogen and oxygen atoms in total. The van der Waals surface area contributed by atoms with Gasteiger partial charge in [-0.3, -0.25) is 0 Å². The standard InChI is InChI=1S/C19H24O3/c1-4-9-15(5-2)22-19(20)18(21-3)17-13-8-11-14-10-6-7-12-16(14)17/h6-8,10-13,15,18H,4-5,9H2,1-3H3/t15-,18-/m0/s1. The molecule has 0 amide bonds. The average molecular weight is 300 g/mol. The zero-order valence-electron chi connectivity index (χ0n) is 13.5. The van der Waals surface area contributed by atoms with Crippen molar-refractivity contribution in [2.45, 2.75) is 45.3 Å². The predicted molar refractivity (Wildman–Crippen MR) is 88.8 cm³/mol. The maximum absolute atomic E-state index is 12.5. The summed E-state index contributed by atoms with van der Waals surface area (Å²) in [5, 5.41) is 2.12. The summed E-state index contributed by atoms with van der Waals surface area (Å²) >= 11 is 0. The number of hydrogen-bond acceptors (Lipinski definition) is 3. The lowest BCUT2D eigenvalue weighted by molar-refractivity contribution is -0.161. The Bertz CT molecular complexity index is 616. The van der Waals surface area contributed by atoms with E-state index in [9.17, 15) is 4.79 Å². The summed E-state index contributed by atoms with van der Waals surface area (Å²) in [5.74, 6) is -0.306. The van der Waals surface area contributed by atoms with E-state index in [1.54, 1.807) is 7.11 Å². The van der Waals surface area contributed by atoms with Gasteiger partial charge in [0.05, 0.1) is 0 Å². The van der Waals surface area contributed by atoms with Crippen LogP contribution in [0, 0.1) is 0 Å². The molecule has 0 aliphatic heterocycles. The van der Waals surface area contributed by atoms with Gasteiger partial charge in [0.2, 0.25) is 0 Å². The number of hydrogen-bond donors (Lipinski definition) is 0. The van der Waals surface area contributed by atoms with Crippen LogP contribution in [-0.4, -0.2) is 19.2 Å². The van der Waals surface area contributed by atoms with E-state index >= 15 is 0 Å². The molecule has 2 aromatic rings. The quantitative estimate of drug-likeness (QED) is 0.698. The molecule has 0 radical (unpaired) electrons. The summed E-state index contributed by atoms with van der Waals surface area (Å²) in [4.78, 5) is 12.5. The largest absolute Gasteiger partial charge is 0.460 e. The molecule has 3 heteroatoms. The number of rotatable bonds is 7. The minimum atomic E-state index is -0.683. The van der Waals surface area contributed by atoms with E-state index < -0.39 is 6.10 Å². The van der Waals surface area contributed by atoms with Crippen LogP contribution < -0.4 is 0 Å². The Kier molecular flexibility index (Phi) is 5.96. The highest BCUT2D eigenvalue weighted by atomic mass is 16.6. The number of benzene rings is 2. The molecule has 0 saturated heterocycles. The number of fused-ring (bicyclic) bond motifs is 1. The van der Waals surface area contributed by atoms with Crippen LogP contribution >= 0.6 is 0 Å². The Morgan fingerprint density at radius 3 is 2.50 bits per heavy atom. The van der Waals surface area contributed by atoms with Crippen molar-refractivity contribution in [3.05, 3.63) is 48.0 Å². The van der Waals surface area contributed by atoms with Crippen LogP contribution in [0.4, 0.5) is 0 Å². The lowest BCUT2D eigenvalue weighted by atomic mass is 10.0. The highest BCUT2D eigenvalue weighted by molar-refractivity contribution is 5.90. The van der Waals surface area contributed by atoms with Crippen LogP contribution in [0.5, 0.6) is 0 Å². The van der Waals surface area contributed by atoms with E-state index in [1.807, 2.05) is 49.4 Å². The first-order valence-corrected chi connectivity index (χ1v) is 7.92. The zero-order valence-corrected chi connectivity index (χ0v) is 13.5. The van der Waals surface area contributed by atoms with Gasteiger partial charge >= 0.3 is 5.97 Å². The van der Waals surface area contributed by atoms with Crippen molar-refractivity contribution in [1.29, 1.82) is 0 Å². The second kappa shape index (κ2) is 7.95. The van der Waals surface area contributed by atoms with E-state index in [1.165, 1.54) is 0 Å². The van der Waals surface area contributed by atoms with E-state index in [0.717, 1.165) is 35.6 Å². The van der Waals surface area contributed by atoms with Gasteiger partial charge in [-0.05, 0) is 29.2 Å².